The van der Waals surface area contributed by atoms with E-state index in [1.807, 2.05) is 36.4 Å². The lowest BCUT2D eigenvalue weighted by atomic mass is 9.77. The van der Waals surface area contributed by atoms with Gasteiger partial charge in [-0.15, -0.1) is 0 Å². The van der Waals surface area contributed by atoms with E-state index < -0.39 is 29.5 Å². The zero-order valence-corrected chi connectivity index (χ0v) is 16.4. The highest BCUT2D eigenvalue weighted by atomic mass is 16.5. The number of rotatable bonds is 7. The molecule has 1 aromatic carbocycles. The number of ether oxygens (including phenoxy) is 3. The molecule has 0 radical (unpaired) electrons. The standard InChI is InChI=1S/C21H24N2O6/c1-3-28-16(24)11-23-12-21-9-8-15(29-21)17(18(21)20(23)26)19(25)22-10-13-4-6-14(27-2)7-5-13/h4-9,15,17-18H,3,10-12H2,1-2H3,(H,22,25)/t15-,17-,18-,21-/m1/s1. The first-order chi connectivity index (χ1) is 14.0. The zero-order valence-electron chi connectivity index (χ0n) is 16.4. The van der Waals surface area contributed by atoms with Gasteiger partial charge in [0, 0.05) is 6.54 Å². The molecule has 1 spiro atoms. The molecule has 3 aliphatic rings. The fourth-order valence-corrected chi connectivity index (χ4v) is 4.42. The fourth-order valence-electron chi connectivity index (χ4n) is 4.42. The Hall–Kier alpha value is -2.87. The first-order valence-corrected chi connectivity index (χ1v) is 9.69. The normalized spacial score (nSPS) is 29.1. The molecule has 0 aliphatic carbocycles. The van der Waals surface area contributed by atoms with E-state index >= 15 is 0 Å². The van der Waals surface area contributed by atoms with Gasteiger partial charge in [0.05, 0.1) is 38.2 Å². The van der Waals surface area contributed by atoms with Crippen LogP contribution in [0.2, 0.25) is 0 Å². The van der Waals surface area contributed by atoms with Gasteiger partial charge in [-0.2, -0.15) is 0 Å². The summed E-state index contributed by atoms with van der Waals surface area (Å²) >= 11 is 0. The van der Waals surface area contributed by atoms with Gasteiger partial charge in [0.1, 0.15) is 17.9 Å². The van der Waals surface area contributed by atoms with Crippen LogP contribution in [0.15, 0.2) is 36.4 Å². The number of fused-ring (bicyclic) bond motifs is 1. The molecule has 2 saturated heterocycles. The summed E-state index contributed by atoms with van der Waals surface area (Å²) in [4.78, 5) is 39.2. The summed E-state index contributed by atoms with van der Waals surface area (Å²) < 4.78 is 16.1. The van der Waals surface area contributed by atoms with Gasteiger partial charge in [-0.1, -0.05) is 24.3 Å². The van der Waals surface area contributed by atoms with Crippen molar-refractivity contribution in [2.45, 2.75) is 25.2 Å². The van der Waals surface area contributed by atoms with Gasteiger partial charge in [0.25, 0.3) is 0 Å². The van der Waals surface area contributed by atoms with E-state index in [0.717, 1.165) is 11.3 Å². The number of methoxy groups -OCH3 is 1. The zero-order chi connectivity index (χ0) is 20.6. The van der Waals surface area contributed by atoms with E-state index in [0.29, 0.717) is 6.54 Å². The Kier molecular flexibility index (Phi) is 5.04. The minimum absolute atomic E-state index is 0.132. The maximum atomic E-state index is 13.0. The lowest BCUT2D eigenvalue weighted by molar-refractivity contribution is -0.149. The molecule has 3 aliphatic heterocycles. The molecule has 4 rings (SSSR count). The maximum absolute atomic E-state index is 13.0. The molecule has 0 unspecified atom stereocenters. The lowest BCUT2D eigenvalue weighted by Crippen LogP contribution is -2.44. The number of likely N-dealkylation sites (tertiary alicyclic amines) is 1. The Balaban J connectivity index is 1.44. The van der Waals surface area contributed by atoms with Gasteiger partial charge >= 0.3 is 5.97 Å². The number of hydrogen-bond donors (Lipinski definition) is 1. The van der Waals surface area contributed by atoms with E-state index in [-0.39, 0.29) is 31.5 Å². The second-order valence-corrected chi connectivity index (χ2v) is 7.47. The number of carbonyl (C=O) groups excluding carboxylic acids is 3. The lowest BCUT2D eigenvalue weighted by Gasteiger charge is -2.23. The Morgan fingerprint density at radius 3 is 2.76 bits per heavy atom. The van der Waals surface area contributed by atoms with Gasteiger partial charge in [-0.25, -0.2) is 0 Å². The summed E-state index contributed by atoms with van der Waals surface area (Å²) in [6, 6.07) is 7.40. The van der Waals surface area contributed by atoms with E-state index in [4.69, 9.17) is 14.2 Å². The summed E-state index contributed by atoms with van der Waals surface area (Å²) in [5.41, 5.74) is 0.0891. The van der Waals surface area contributed by atoms with Crippen LogP contribution in [0.5, 0.6) is 5.75 Å². The number of carbonyl (C=O) groups is 3. The van der Waals surface area contributed by atoms with Crippen LogP contribution in [0.1, 0.15) is 12.5 Å². The number of nitrogens with one attached hydrogen (secondary N) is 1. The van der Waals surface area contributed by atoms with Crippen molar-refractivity contribution in [2.75, 3.05) is 26.8 Å². The molecule has 8 heteroatoms. The summed E-state index contributed by atoms with van der Waals surface area (Å²) in [6.45, 7) is 2.44. The Labute approximate surface area is 168 Å². The van der Waals surface area contributed by atoms with Crippen LogP contribution in [0.3, 0.4) is 0 Å². The quantitative estimate of drug-likeness (QED) is 0.534. The van der Waals surface area contributed by atoms with Crippen LogP contribution >= 0.6 is 0 Å². The fraction of sp³-hybridized carbons (Fsp3) is 0.476. The highest BCUT2D eigenvalue weighted by Crippen LogP contribution is 2.51. The topological polar surface area (TPSA) is 94.2 Å². The molecule has 1 N–H and O–H groups in total. The van der Waals surface area contributed by atoms with E-state index in [2.05, 4.69) is 5.32 Å². The van der Waals surface area contributed by atoms with Crippen LogP contribution in [-0.4, -0.2) is 61.2 Å². The van der Waals surface area contributed by atoms with Crippen molar-refractivity contribution >= 4 is 17.8 Å². The van der Waals surface area contributed by atoms with Crippen molar-refractivity contribution in [3.63, 3.8) is 0 Å². The monoisotopic (exact) mass is 400 g/mol. The molecule has 2 amide bonds. The van der Waals surface area contributed by atoms with E-state index in [1.54, 1.807) is 14.0 Å². The van der Waals surface area contributed by atoms with Crippen molar-refractivity contribution in [3.05, 3.63) is 42.0 Å². The predicted octanol–water partition coefficient (Wildman–Crippen LogP) is 0.657. The first kappa shape index (κ1) is 19.4. The summed E-state index contributed by atoms with van der Waals surface area (Å²) in [5, 5.41) is 2.91. The van der Waals surface area contributed by atoms with Gasteiger partial charge in [-0.05, 0) is 24.6 Å². The van der Waals surface area contributed by atoms with Gasteiger partial charge < -0.3 is 24.4 Å². The summed E-state index contributed by atoms with van der Waals surface area (Å²) in [7, 11) is 1.60. The molecule has 8 nitrogen and oxygen atoms in total. The Morgan fingerprint density at radius 1 is 1.31 bits per heavy atom. The Morgan fingerprint density at radius 2 is 2.07 bits per heavy atom. The maximum Gasteiger partial charge on any atom is 0.325 e. The molecular formula is C21H24N2O6. The van der Waals surface area contributed by atoms with Crippen molar-refractivity contribution in [2.24, 2.45) is 11.8 Å². The van der Waals surface area contributed by atoms with E-state index in [1.165, 1.54) is 4.90 Å². The highest BCUT2D eigenvalue weighted by Gasteiger charge is 2.66. The molecular weight excluding hydrogens is 376 g/mol. The third-order valence-electron chi connectivity index (χ3n) is 5.73. The molecule has 154 valence electrons. The first-order valence-electron chi connectivity index (χ1n) is 9.69. The Bertz CT molecular complexity index is 851. The smallest absolute Gasteiger partial charge is 0.325 e. The third kappa shape index (κ3) is 3.37. The van der Waals surface area contributed by atoms with Crippen molar-refractivity contribution in [1.82, 2.24) is 10.2 Å². The number of amides is 2. The molecule has 0 saturated carbocycles. The molecule has 29 heavy (non-hydrogen) atoms. The molecule has 2 bridgehead atoms. The van der Waals surface area contributed by atoms with Crippen LogP contribution in [0.4, 0.5) is 0 Å². The molecule has 4 atom stereocenters. The van der Waals surface area contributed by atoms with Crippen LogP contribution < -0.4 is 10.1 Å². The van der Waals surface area contributed by atoms with Gasteiger partial charge in [0.2, 0.25) is 11.8 Å². The minimum atomic E-state index is -0.837. The van der Waals surface area contributed by atoms with Crippen LogP contribution in [-0.2, 0) is 30.4 Å². The van der Waals surface area contributed by atoms with Crippen molar-refractivity contribution < 1.29 is 28.6 Å². The third-order valence-corrected chi connectivity index (χ3v) is 5.73. The van der Waals surface area contributed by atoms with E-state index in [9.17, 15) is 14.4 Å². The van der Waals surface area contributed by atoms with Crippen molar-refractivity contribution in [3.8, 4) is 5.75 Å². The van der Waals surface area contributed by atoms with Crippen molar-refractivity contribution in [1.29, 1.82) is 0 Å². The number of nitrogens with zero attached hydrogens (tertiary/aromatic N) is 1. The average molecular weight is 400 g/mol. The molecule has 3 heterocycles. The molecule has 2 fully saturated rings. The average Bonchev–Trinajstić information content (AvgIpc) is 3.35. The second kappa shape index (κ2) is 7.51. The van der Waals surface area contributed by atoms with Crippen LogP contribution in [0, 0.1) is 11.8 Å². The highest BCUT2D eigenvalue weighted by molar-refractivity contribution is 5.94. The minimum Gasteiger partial charge on any atom is -0.497 e. The van der Waals surface area contributed by atoms with Gasteiger partial charge in [-0.3, -0.25) is 14.4 Å². The second-order valence-electron chi connectivity index (χ2n) is 7.47. The molecule has 0 aromatic heterocycles. The largest absolute Gasteiger partial charge is 0.497 e. The van der Waals surface area contributed by atoms with Gasteiger partial charge in [0.15, 0.2) is 0 Å². The number of hydrogen-bond acceptors (Lipinski definition) is 6. The predicted molar refractivity (Wildman–Crippen MR) is 102 cm³/mol. The van der Waals surface area contributed by atoms with Crippen LogP contribution in [0.25, 0.3) is 0 Å². The number of benzene rings is 1. The summed E-state index contributed by atoms with van der Waals surface area (Å²) in [6.07, 6.45) is 3.28. The number of esters is 1. The molecule has 1 aromatic rings. The SMILES string of the molecule is CCOC(=O)CN1C[C@@]23C=C[C@@H](O2)[C@@H](C(=O)NCc2ccc(OC)cc2)[C@@H]3C1=O. The summed E-state index contributed by atoms with van der Waals surface area (Å²) in [5.74, 6) is -1.42.